The van der Waals surface area contributed by atoms with Crippen molar-refractivity contribution in [2.24, 2.45) is 0 Å². The Bertz CT molecular complexity index is 633. The molecule has 2 aromatic rings. The van der Waals surface area contributed by atoms with Crippen molar-refractivity contribution in [3.8, 4) is 11.3 Å². The van der Waals surface area contributed by atoms with E-state index >= 15 is 0 Å². The van der Waals surface area contributed by atoms with Gasteiger partial charge in [0.2, 0.25) is 0 Å². The van der Waals surface area contributed by atoms with E-state index in [0.29, 0.717) is 10.7 Å². The third-order valence-electron chi connectivity index (χ3n) is 2.55. The Kier molecular flexibility index (Phi) is 4.48. The lowest BCUT2D eigenvalue weighted by Crippen LogP contribution is -2.27. The zero-order valence-corrected chi connectivity index (χ0v) is 12.9. The van der Waals surface area contributed by atoms with Gasteiger partial charge in [0.15, 0.2) is 0 Å². The number of nitrogens with zero attached hydrogens (tertiary/aromatic N) is 1. The van der Waals surface area contributed by atoms with Gasteiger partial charge in [-0.25, -0.2) is 4.79 Å². The van der Waals surface area contributed by atoms with Gasteiger partial charge in [0.05, 0.1) is 5.69 Å². The molecule has 0 saturated heterocycles. The number of hydrogen-bond acceptors (Lipinski definition) is 3. The fourth-order valence-corrected chi connectivity index (χ4v) is 1.87. The van der Waals surface area contributed by atoms with Gasteiger partial charge in [0, 0.05) is 22.5 Å². The van der Waals surface area contributed by atoms with Crippen LogP contribution in [0.3, 0.4) is 0 Å². The molecule has 5 heteroatoms. The molecule has 0 aliphatic rings. The fourth-order valence-electron chi connectivity index (χ4n) is 1.71. The van der Waals surface area contributed by atoms with E-state index in [1.54, 1.807) is 30.5 Å². The Hall–Kier alpha value is -2.07. The molecule has 1 heterocycles. The molecule has 1 aromatic heterocycles. The monoisotopic (exact) mass is 304 g/mol. The van der Waals surface area contributed by atoms with Crippen LogP contribution in [0.2, 0.25) is 5.02 Å². The largest absolute Gasteiger partial charge is 0.444 e. The first-order valence-corrected chi connectivity index (χ1v) is 6.93. The molecule has 0 radical (unpaired) electrons. The minimum absolute atomic E-state index is 0.476. The maximum atomic E-state index is 11.7. The van der Waals surface area contributed by atoms with E-state index in [9.17, 15) is 4.79 Å². The molecule has 0 spiro atoms. The SMILES string of the molecule is CC(C)(C)OC(=O)Nc1ccc(-c2cc(Cl)ccn2)cc1. The van der Waals surface area contributed by atoms with Crippen LogP contribution in [0.1, 0.15) is 20.8 Å². The van der Waals surface area contributed by atoms with Crippen LogP contribution in [-0.2, 0) is 4.74 Å². The maximum absolute atomic E-state index is 11.7. The molecule has 1 aromatic carbocycles. The smallest absolute Gasteiger partial charge is 0.412 e. The van der Waals surface area contributed by atoms with Crippen LogP contribution < -0.4 is 5.32 Å². The van der Waals surface area contributed by atoms with Gasteiger partial charge in [0.25, 0.3) is 0 Å². The maximum Gasteiger partial charge on any atom is 0.412 e. The fraction of sp³-hybridized carbons (Fsp3) is 0.250. The first kappa shape index (κ1) is 15.3. The predicted octanol–water partition coefficient (Wildman–Crippen LogP) is 4.75. The average Bonchev–Trinajstić information content (AvgIpc) is 2.37. The molecule has 110 valence electrons. The summed E-state index contributed by atoms with van der Waals surface area (Å²) in [6.45, 7) is 5.46. The number of pyridine rings is 1. The molecule has 21 heavy (non-hydrogen) atoms. The van der Waals surface area contributed by atoms with Crippen LogP contribution in [0.5, 0.6) is 0 Å². The lowest BCUT2D eigenvalue weighted by molar-refractivity contribution is 0.0636. The second kappa shape index (κ2) is 6.14. The zero-order chi connectivity index (χ0) is 15.5. The molecule has 0 aliphatic heterocycles. The van der Waals surface area contributed by atoms with Crippen molar-refractivity contribution in [1.29, 1.82) is 0 Å². The van der Waals surface area contributed by atoms with Crippen LogP contribution in [0.15, 0.2) is 42.6 Å². The summed E-state index contributed by atoms with van der Waals surface area (Å²) in [5.74, 6) is 0. The molecule has 0 aliphatic carbocycles. The number of amides is 1. The molecule has 0 unspecified atom stereocenters. The number of rotatable bonds is 2. The van der Waals surface area contributed by atoms with Crippen LogP contribution in [0.4, 0.5) is 10.5 Å². The van der Waals surface area contributed by atoms with Gasteiger partial charge in [0.1, 0.15) is 5.60 Å². The van der Waals surface area contributed by atoms with Crippen LogP contribution >= 0.6 is 11.6 Å². The second-order valence-electron chi connectivity index (χ2n) is 5.56. The number of hydrogen-bond donors (Lipinski definition) is 1. The highest BCUT2D eigenvalue weighted by Gasteiger charge is 2.16. The predicted molar refractivity (Wildman–Crippen MR) is 84.5 cm³/mol. The van der Waals surface area contributed by atoms with E-state index in [1.807, 2.05) is 32.9 Å². The number of nitrogens with one attached hydrogen (secondary N) is 1. The van der Waals surface area contributed by atoms with Crippen LogP contribution in [0, 0.1) is 0 Å². The Morgan fingerprint density at radius 2 is 1.86 bits per heavy atom. The third kappa shape index (κ3) is 4.76. The van der Waals surface area contributed by atoms with Crippen LogP contribution in [-0.4, -0.2) is 16.7 Å². The van der Waals surface area contributed by atoms with Gasteiger partial charge < -0.3 is 4.74 Å². The number of ether oxygens (including phenoxy) is 1. The van der Waals surface area contributed by atoms with Crippen molar-refractivity contribution in [3.05, 3.63) is 47.6 Å². The lowest BCUT2D eigenvalue weighted by atomic mass is 10.1. The lowest BCUT2D eigenvalue weighted by Gasteiger charge is -2.19. The van der Waals surface area contributed by atoms with Crippen molar-refractivity contribution >= 4 is 23.4 Å². The molecule has 0 fully saturated rings. The zero-order valence-electron chi connectivity index (χ0n) is 12.2. The van der Waals surface area contributed by atoms with Gasteiger partial charge in [-0.05, 0) is 45.0 Å². The summed E-state index contributed by atoms with van der Waals surface area (Å²) in [5.41, 5.74) is 1.85. The Morgan fingerprint density at radius 1 is 1.19 bits per heavy atom. The van der Waals surface area contributed by atoms with E-state index < -0.39 is 11.7 Å². The topological polar surface area (TPSA) is 51.2 Å². The second-order valence-corrected chi connectivity index (χ2v) is 6.00. The van der Waals surface area contributed by atoms with E-state index in [2.05, 4.69) is 10.3 Å². The van der Waals surface area contributed by atoms with Gasteiger partial charge in [-0.2, -0.15) is 0 Å². The van der Waals surface area contributed by atoms with Crippen molar-refractivity contribution in [1.82, 2.24) is 4.98 Å². The first-order valence-electron chi connectivity index (χ1n) is 6.55. The first-order chi connectivity index (χ1) is 9.83. The minimum atomic E-state index is -0.519. The quantitative estimate of drug-likeness (QED) is 0.871. The van der Waals surface area contributed by atoms with Gasteiger partial charge >= 0.3 is 6.09 Å². The summed E-state index contributed by atoms with van der Waals surface area (Å²) in [5, 5.41) is 3.32. The molecule has 2 rings (SSSR count). The minimum Gasteiger partial charge on any atom is -0.444 e. The number of anilines is 1. The number of benzene rings is 1. The normalized spacial score (nSPS) is 11.0. The molecule has 1 amide bonds. The number of aromatic nitrogens is 1. The summed E-state index contributed by atoms with van der Waals surface area (Å²) >= 11 is 5.94. The van der Waals surface area contributed by atoms with E-state index in [0.717, 1.165) is 11.3 Å². The van der Waals surface area contributed by atoms with Crippen molar-refractivity contribution in [2.45, 2.75) is 26.4 Å². The molecular formula is C16H17ClN2O2. The van der Waals surface area contributed by atoms with Gasteiger partial charge in [-0.1, -0.05) is 23.7 Å². The average molecular weight is 305 g/mol. The van der Waals surface area contributed by atoms with Crippen LogP contribution in [0.25, 0.3) is 11.3 Å². The molecule has 0 bridgehead atoms. The van der Waals surface area contributed by atoms with Crippen molar-refractivity contribution < 1.29 is 9.53 Å². The molecule has 0 saturated carbocycles. The highest BCUT2D eigenvalue weighted by Crippen LogP contribution is 2.22. The molecular weight excluding hydrogens is 288 g/mol. The summed E-state index contributed by atoms with van der Waals surface area (Å²) < 4.78 is 5.19. The van der Waals surface area contributed by atoms with E-state index in [1.165, 1.54) is 0 Å². The summed E-state index contributed by atoms with van der Waals surface area (Å²) in [7, 11) is 0. The highest BCUT2D eigenvalue weighted by atomic mass is 35.5. The Labute approximate surface area is 129 Å². The Morgan fingerprint density at radius 3 is 2.43 bits per heavy atom. The van der Waals surface area contributed by atoms with Gasteiger partial charge in [-0.15, -0.1) is 0 Å². The summed E-state index contributed by atoms with van der Waals surface area (Å²) in [6.07, 6.45) is 1.18. The van der Waals surface area contributed by atoms with E-state index in [4.69, 9.17) is 16.3 Å². The summed E-state index contributed by atoms with van der Waals surface area (Å²) in [6, 6.07) is 10.8. The standard InChI is InChI=1S/C16H17ClN2O2/c1-16(2,3)21-15(20)19-13-6-4-11(5-7-13)14-10-12(17)8-9-18-14/h4-10H,1-3H3,(H,19,20). The number of carbonyl (C=O) groups is 1. The third-order valence-corrected chi connectivity index (χ3v) is 2.78. The van der Waals surface area contributed by atoms with Crippen molar-refractivity contribution in [2.75, 3.05) is 5.32 Å². The highest BCUT2D eigenvalue weighted by molar-refractivity contribution is 6.30. The van der Waals surface area contributed by atoms with Crippen molar-refractivity contribution in [3.63, 3.8) is 0 Å². The number of carbonyl (C=O) groups excluding carboxylic acids is 1. The summed E-state index contributed by atoms with van der Waals surface area (Å²) in [4.78, 5) is 15.9. The number of halogens is 1. The molecule has 0 atom stereocenters. The Balaban J connectivity index is 2.07. The molecule has 4 nitrogen and oxygen atoms in total. The van der Waals surface area contributed by atoms with Gasteiger partial charge in [-0.3, -0.25) is 10.3 Å². The van der Waals surface area contributed by atoms with E-state index in [-0.39, 0.29) is 0 Å². The molecule has 1 N–H and O–H groups in total.